The fourth-order valence-electron chi connectivity index (χ4n) is 3.25. The summed E-state index contributed by atoms with van der Waals surface area (Å²) >= 11 is 5.93. The lowest BCUT2D eigenvalue weighted by molar-refractivity contribution is -0.112. The number of hydrogen-bond acceptors (Lipinski definition) is 3. The zero-order chi connectivity index (χ0) is 22.4. The van der Waals surface area contributed by atoms with E-state index in [-0.39, 0.29) is 5.57 Å². The van der Waals surface area contributed by atoms with Gasteiger partial charge >= 0.3 is 0 Å². The molecule has 0 aromatic heterocycles. The van der Waals surface area contributed by atoms with Crippen LogP contribution < -0.4 is 10.1 Å². The number of ether oxygens (including phenoxy) is 1. The topological polar surface area (TPSA) is 62.1 Å². The number of hydrogen-bond donors (Lipinski definition) is 1. The first kappa shape index (κ1) is 22.1. The number of rotatable bonds is 6. The second kappa shape index (κ2) is 9.97. The van der Waals surface area contributed by atoms with Crippen molar-refractivity contribution in [1.82, 2.24) is 0 Å². The molecular weight excluding hydrogens is 408 g/mol. The van der Waals surface area contributed by atoms with E-state index in [9.17, 15) is 10.1 Å². The van der Waals surface area contributed by atoms with Crippen molar-refractivity contribution in [2.45, 2.75) is 27.4 Å². The van der Waals surface area contributed by atoms with Crippen LogP contribution >= 0.6 is 11.6 Å². The number of para-hydroxylation sites is 1. The van der Waals surface area contributed by atoms with Crippen LogP contribution in [0.1, 0.15) is 27.8 Å². The number of halogens is 1. The molecule has 0 bridgehead atoms. The smallest absolute Gasteiger partial charge is 0.266 e. The van der Waals surface area contributed by atoms with E-state index in [0.717, 1.165) is 33.6 Å². The maximum Gasteiger partial charge on any atom is 0.266 e. The van der Waals surface area contributed by atoms with E-state index in [0.29, 0.717) is 17.3 Å². The van der Waals surface area contributed by atoms with Crippen molar-refractivity contribution in [3.8, 4) is 11.8 Å². The lowest BCUT2D eigenvalue weighted by Crippen LogP contribution is -2.14. The molecule has 3 aromatic carbocycles. The first-order valence-corrected chi connectivity index (χ1v) is 10.2. The SMILES string of the molecule is Cc1ccccc1NC(=O)/C(C#N)=C/c1cc(C)c(OCc2ccc(Cl)cc2)c(C)c1. The minimum Gasteiger partial charge on any atom is -0.488 e. The highest BCUT2D eigenvalue weighted by atomic mass is 35.5. The van der Waals surface area contributed by atoms with Gasteiger partial charge in [0.05, 0.1) is 0 Å². The molecular formula is C26H23ClN2O2. The summed E-state index contributed by atoms with van der Waals surface area (Å²) in [5.74, 6) is 0.352. The highest BCUT2D eigenvalue weighted by molar-refractivity contribution is 6.30. The van der Waals surface area contributed by atoms with Crippen LogP contribution in [0.25, 0.3) is 6.08 Å². The van der Waals surface area contributed by atoms with Crippen LogP contribution in [-0.4, -0.2) is 5.91 Å². The Hall–Kier alpha value is -3.55. The Kier molecular flexibility index (Phi) is 7.12. The van der Waals surface area contributed by atoms with Crippen LogP contribution in [0, 0.1) is 32.1 Å². The highest BCUT2D eigenvalue weighted by Gasteiger charge is 2.12. The number of nitrogens with zero attached hydrogens (tertiary/aromatic N) is 1. The van der Waals surface area contributed by atoms with Gasteiger partial charge in [-0.3, -0.25) is 4.79 Å². The minimum atomic E-state index is -0.435. The molecule has 5 heteroatoms. The summed E-state index contributed by atoms with van der Waals surface area (Å²) < 4.78 is 6.01. The van der Waals surface area contributed by atoms with Gasteiger partial charge in [0, 0.05) is 10.7 Å². The van der Waals surface area contributed by atoms with Crippen molar-refractivity contribution in [3.63, 3.8) is 0 Å². The number of anilines is 1. The average Bonchev–Trinajstić information content (AvgIpc) is 2.74. The average molecular weight is 431 g/mol. The molecule has 0 aliphatic carbocycles. The number of carbonyl (C=O) groups is 1. The Bertz CT molecular complexity index is 1150. The molecule has 0 aliphatic rings. The normalized spacial score (nSPS) is 11.0. The van der Waals surface area contributed by atoms with Crippen molar-refractivity contribution in [2.24, 2.45) is 0 Å². The van der Waals surface area contributed by atoms with Crippen LogP contribution in [0.2, 0.25) is 5.02 Å². The summed E-state index contributed by atoms with van der Waals surface area (Å²) in [7, 11) is 0. The van der Waals surface area contributed by atoms with E-state index in [2.05, 4.69) is 5.32 Å². The highest BCUT2D eigenvalue weighted by Crippen LogP contribution is 2.27. The van der Waals surface area contributed by atoms with Crippen molar-refractivity contribution in [1.29, 1.82) is 5.26 Å². The van der Waals surface area contributed by atoms with E-state index in [4.69, 9.17) is 16.3 Å². The Morgan fingerprint density at radius 1 is 1.03 bits per heavy atom. The van der Waals surface area contributed by atoms with Gasteiger partial charge in [0.1, 0.15) is 24.0 Å². The molecule has 3 aromatic rings. The predicted molar refractivity (Wildman–Crippen MR) is 125 cm³/mol. The first-order chi connectivity index (χ1) is 14.9. The Morgan fingerprint density at radius 2 is 1.68 bits per heavy atom. The third kappa shape index (κ3) is 5.75. The van der Waals surface area contributed by atoms with Gasteiger partial charge in [-0.1, -0.05) is 41.9 Å². The predicted octanol–water partition coefficient (Wildman–Crippen LogP) is 6.39. The fourth-order valence-corrected chi connectivity index (χ4v) is 3.37. The number of benzene rings is 3. The lowest BCUT2D eigenvalue weighted by Gasteiger charge is -2.14. The molecule has 0 atom stereocenters. The molecule has 156 valence electrons. The molecule has 1 N–H and O–H groups in total. The molecule has 31 heavy (non-hydrogen) atoms. The number of nitriles is 1. The van der Waals surface area contributed by atoms with Crippen LogP contribution in [0.15, 0.2) is 66.2 Å². The third-order valence-electron chi connectivity index (χ3n) is 4.85. The molecule has 4 nitrogen and oxygen atoms in total. The quantitative estimate of drug-likeness (QED) is 0.364. The second-order valence-corrected chi connectivity index (χ2v) is 7.77. The van der Waals surface area contributed by atoms with E-state index in [1.54, 1.807) is 6.08 Å². The van der Waals surface area contributed by atoms with Gasteiger partial charge in [0.2, 0.25) is 0 Å². The molecule has 0 aliphatic heterocycles. The molecule has 0 radical (unpaired) electrons. The number of nitrogens with one attached hydrogen (secondary N) is 1. The summed E-state index contributed by atoms with van der Waals surface area (Å²) in [4.78, 5) is 12.6. The molecule has 0 spiro atoms. The van der Waals surface area contributed by atoms with Crippen LogP contribution in [0.3, 0.4) is 0 Å². The van der Waals surface area contributed by atoms with E-state index in [1.807, 2.05) is 87.5 Å². The Labute approximate surface area is 187 Å². The maximum atomic E-state index is 12.6. The van der Waals surface area contributed by atoms with Gasteiger partial charge < -0.3 is 10.1 Å². The number of amides is 1. The number of carbonyl (C=O) groups excluding carboxylic acids is 1. The van der Waals surface area contributed by atoms with Gasteiger partial charge in [-0.15, -0.1) is 0 Å². The van der Waals surface area contributed by atoms with Crippen molar-refractivity contribution in [2.75, 3.05) is 5.32 Å². The van der Waals surface area contributed by atoms with Gasteiger partial charge in [-0.05, 0) is 85.0 Å². The molecule has 1 amide bonds. The molecule has 0 saturated carbocycles. The standard InChI is InChI=1S/C26H23ClN2O2/c1-17-6-4-5-7-24(17)29-26(30)22(15-28)14-21-12-18(2)25(19(3)13-21)31-16-20-8-10-23(27)11-9-20/h4-14H,16H2,1-3H3,(H,29,30)/b22-14+. The summed E-state index contributed by atoms with van der Waals surface area (Å²) in [6.07, 6.45) is 1.59. The van der Waals surface area contributed by atoms with E-state index >= 15 is 0 Å². The minimum absolute atomic E-state index is 0.0388. The summed E-state index contributed by atoms with van der Waals surface area (Å²) in [5.41, 5.74) is 5.30. The molecule has 0 fully saturated rings. The largest absolute Gasteiger partial charge is 0.488 e. The van der Waals surface area contributed by atoms with Gasteiger partial charge in [0.25, 0.3) is 5.91 Å². The molecule has 0 heterocycles. The summed E-state index contributed by atoms with van der Waals surface area (Å²) in [6, 6.07) is 20.8. The number of aryl methyl sites for hydroxylation is 3. The maximum absolute atomic E-state index is 12.6. The molecule has 3 rings (SSSR count). The molecule has 0 saturated heterocycles. The Morgan fingerprint density at radius 3 is 2.29 bits per heavy atom. The van der Waals surface area contributed by atoms with Crippen LogP contribution in [-0.2, 0) is 11.4 Å². The fraction of sp³-hybridized carbons (Fsp3) is 0.154. The van der Waals surface area contributed by atoms with Crippen molar-refractivity contribution < 1.29 is 9.53 Å². The van der Waals surface area contributed by atoms with Gasteiger partial charge in [0.15, 0.2) is 0 Å². The first-order valence-electron chi connectivity index (χ1n) is 9.84. The summed E-state index contributed by atoms with van der Waals surface area (Å²) in [5, 5.41) is 13.0. The second-order valence-electron chi connectivity index (χ2n) is 7.34. The van der Waals surface area contributed by atoms with Crippen molar-refractivity contribution >= 4 is 29.3 Å². The zero-order valence-electron chi connectivity index (χ0n) is 17.7. The van der Waals surface area contributed by atoms with Crippen LogP contribution in [0.4, 0.5) is 5.69 Å². The monoisotopic (exact) mass is 430 g/mol. The zero-order valence-corrected chi connectivity index (χ0v) is 18.5. The summed E-state index contributed by atoms with van der Waals surface area (Å²) in [6.45, 7) is 6.22. The van der Waals surface area contributed by atoms with Gasteiger partial charge in [-0.25, -0.2) is 0 Å². The molecule has 0 unspecified atom stereocenters. The lowest BCUT2D eigenvalue weighted by atomic mass is 10.0. The Balaban J connectivity index is 1.78. The third-order valence-corrected chi connectivity index (χ3v) is 5.10. The van der Waals surface area contributed by atoms with Gasteiger partial charge in [-0.2, -0.15) is 5.26 Å². The van der Waals surface area contributed by atoms with Crippen LogP contribution in [0.5, 0.6) is 5.75 Å². The van der Waals surface area contributed by atoms with E-state index in [1.165, 1.54) is 0 Å². The van der Waals surface area contributed by atoms with Crippen molar-refractivity contribution in [3.05, 3.63) is 99.1 Å². The van der Waals surface area contributed by atoms with E-state index < -0.39 is 5.91 Å².